The van der Waals surface area contributed by atoms with E-state index in [4.69, 9.17) is 4.74 Å². The largest absolute Gasteiger partial charge is 0.496 e. The first-order valence-corrected chi connectivity index (χ1v) is 7.56. The molecule has 0 aliphatic carbocycles. The maximum absolute atomic E-state index is 12.5. The second-order valence-corrected chi connectivity index (χ2v) is 5.44. The van der Waals surface area contributed by atoms with E-state index in [0.29, 0.717) is 6.42 Å². The van der Waals surface area contributed by atoms with Crippen molar-refractivity contribution in [3.05, 3.63) is 29.8 Å². The molecule has 1 atom stereocenters. The molecule has 0 aromatic heterocycles. The molecule has 1 saturated heterocycles. The minimum absolute atomic E-state index is 0.0368. The SMILES string of the molecule is COc1ccccc1CC(C#N)C(=O)N1CCCCCC1. The third-order valence-electron chi connectivity index (χ3n) is 3.99. The first kappa shape index (κ1) is 15.4. The van der Waals surface area contributed by atoms with Crippen LogP contribution >= 0.6 is 0 Å². The predicted octanol–water partition coefficient (Wildman–Crippen LogP) is 2.78. The van der Waals surface area contributed by atoms with Gasteiger partial charge in [-0.05, 0) is 24.5 Å². The van der Waals surface area contributed by atoms with Gasteiger partial charge < -0.3 is 9.64 Å². The summed E-state index contributed by atoms with van der Waals surface area (Å²) in [5.74, 6) is 0.0751. The van der Waals surface area contributed by atoms with Gasteiger partial charge in [0.1, 0.15) is 11.7 Å². The van der Waals surface area contributed by atoms with Crippen molar-refractivity contribution in [1.29, 1.82) is 5.26 Å². The fourth-order valence-corrected chi connectivity index (χ4v) is 2.79. The molecular formula is C17H22N2O2. The van der Waals surface area contributed by atoms with Crippen molar-refractivity contribution in [3.8, 4) is 11.8 Å². The van der Waals surface area contributed by atoms with Gasteiger partial charge in [0.15, 0.2) is 0 Å². The van der Waals surface area contributed by atoms with Crippen LogP contribution in [0, 0.1) is 17.2 Å². The van der Waals surface area contributed by atoms with Gasteiger partial charge in [-0.1, -0.05) is 31.0 Å². The zero-order valence-corrected chi connectivity index (χ0v) is 12.5. The molecule has 0 bridgehead atoms. The van der Waals surface area contributed by atoms with Gasteiger partial charge in [-0.3, -0.25) is 4.79 Å². The fraction of sp³-hybridized carbons (Fsp3) is 0.529. The third kappa shape index (κ3) is 3.98. The number of carbonyl (C=O) groups excluding carboxylic acids is 1. The van der Waals surface area contributed by atoms with E-state index in [9.17, 15) is 10.1 Å². The zero-order chi connectivity index (χ0) is 15.1. The van der Waals surface area contributed by atoms with E-state index in [1.165, 1.54) is 12.8 Å². The lowest BCUT2D eigenvalue weighted by molar-refractivity contribution is -0.133. The molecule has 1 aromatic carbocycles. The van der Waals surface area contributed by atoms with Gasteiger partial charge in [0.05, 0.1) is 13.2 Å². The van der Waals surface area contributed by atoms with E-state index in [0.717, 1.165) is 37.2 Å². The molecule has 1 amide bonds. The maximum Gasteiger partial charge on any atom is 0.240 e. The quantitative estimate of drug-likeness (QED) is 0.855. The molecule has 0 spiro atoms. The molecule has 1 aliphatic rings. The first-order valence-electron chi connectivity index (χ1n) is 7.56. The highest BCUT2D eigenvalue weighted by molar-refractivity contribution is 5.81. The number of carbonyl (C=O) groups is 1. The van der Waals surface area contributed by atoms with Crippen LogP contribution in [0.1, 0.15) is 31.2 Å². The highest BCUT2D eigenvalue weighted by atomic mass is 16.5. The summed E-state index contributed by atoms with van der Waals surface area (Å²) in [6, 6.07) is 9.74. The van der Waals surface area contributed by atoms with E-state index < -0.39 is 5.92 Å². The Balaban J connectivity index is 2.08. The Bertz CT molecular complexity index is 514. The van der Waals surface area contributed by atoms with Crippen LogP contribution in [-0.2, 0) is 11.2 Å². The van der Waals surface area contributed by atoms with E-state index in [-0.39, 0.29) is 5.91 Å². The minimum Gasteiger partial charge on any atom is -0.496 e. The number of hydrogen-bond donors (Lipinski definition) is 0. The number of benzene rings is 1. The summed E-state index contributed by atoms with van der Waals surface area (Å²) >= 11 is 0. The molecule has 0 N–H and O–H groups in total. The number of methoxy groups -OCH3 is 1. The average molecular weight is 286 g/mol. The molecule has 1 aromatic rings. The molecule has 21 heavy (non-hydrogen) atoms. The zero-order valence-electron chi connectivity index (χ0n) is 12.5. The summed E-state index contributed by atoms with van der Waals surface area (Å²) < 4.78 is 5.30. The summed E-state index contributed by atoms with van der Waals surface area (Å²) in [5, 5.41) is 9.38. The van der Waals surface area contributed by atoms with Gasteiger partial charge in [0, 0.05) is 19.5 Å². The van der Waals surface area contributed by atoms with Crippen LogP contribution < -0.4 is 4.74 Å². The van der Waals surface area contributed by atoms with Crippen molar-refractivity contribution >= 4 is 5.91 Å². The highest BCUT2D eigenvalue weighted by Crippen LogP contribution is 2.22. The van der Waals surface area contributed by atoms with Crippen LogP contribution in [0.2, 0.25) is 0 Å². The number of para-hydroxylation sites is 1. The lowest BCUT2D eigenvalue weighted by Crippen LogP contribution is -2.37. The predicted molar refractivity (Wildman–Crippen MR) is 80.8 cm³/mol. The topological polar surface area (TPSA) is 53.3 Å². The second kappa shape index (κ2) is 7.68. The molecule has 2 rings (SSSR count). The molecule has 1 aliphatic heterocycles. The van der Waals surface area contributed by atoms with Crippen molar-refractivity contribution in [3.63, 3.8) is 0 Å². The van der Waals surface area contributed by atoms with Crippen LogP contribution in [0.5, 0.6) is 5.75 Å². The Hall–Kier alpha value is -2.02. The number of hydrogen-bond acceptors (Lipinski definition) is 3. The van der Waals surface area contributed by atoms with Gasteiger partial charge in [-0.2, -0.15) is 5.26 Å². The number of rotatable bonds is 4. The Kier molecular flexibility index (Phi) is 5.62. The number of nitrogens with zero attached hydrogens (tertiary/aromatic N) is 2. The van der Waals surface area contributed by atoms with Crippen molar-refractivity contribution in [2.24, 2.45) is 5.92 Å². The third-order valence-corrected chi connectivity index (χ3v) is 3.99. The first-order chi connectivity index (χ1) is 10.3. The molecule has 0 radical (unpaired) electrons. The summed E-state index contributed by atoms with van der Waals surface area (Å²) in [5.41, 5.74) is 0.912. The van der Waals surface area contributed by atoms with Crippen LogP contribution in [0.15, 0.2) is 24.3 Å². The van der Waals surface area contributed by atoms with Crippen molar-refractivity contribution in [2.75, 3.05) is 20.2 Å². The van der Waals surface area contributed by atoms with Crippen LogP contribution in [-0.4, -0.2) is 31.0 Å². The molecule has 4 heteroatoms. The second-order valence-electron chi connectivity index (χ2n) is 5.44. The molecule has 1 unspecified atom stereocenters. The van der Waals surface area contributed by atoms with Crippen LogP contribution in [0.4, 0.5) is 0 Å². The smallest absolute Gasteiger partial charge is 0.240 e. The van der Waals surface area contributed by atoms with Gasteiger partial charge in [-0.25, -0.2) is 0 Å². The molecule has 4 nitrogen and oxygen atoms in total. The highest BCUT2D eigenvalue weighted by Gasteiger charge is 2.25. The van der Waals surface area contributed by atoms with E-state index in [1.54, 1.807) is 7.11 Å². The van der Waals surface area contributed by atoms with E-state index >= 15 is 0 Å². The number of likely N-dealkylation sites (tertiary alicyclic amines) is 1. The fourth-order valence-electron chi connectivity index (χ4n) is 2.79. The standard InChI is InChI=1S/C17H22N2O2/c1-21-16-9-5-4-8-14(16)12-15(13-18)17(20)19-10-6-2-3-7-11-19/h4-5,8-9,15H,2-3,6-7,10-12H2,1H3. The molecule has 1 heterocycles. The number of nitriles is 1. The van der Waals surface area contributed by atoms with E-state index in [1.807, 2.05) is 29.2 Å². The van der Waals surface area contributed by atoms with Crippen molar-refractivity contribution < 1.29 is 9.53 Å². The van der Waals surface area contributed by atoms with Gasteiger partial charge in [0.2, 0.25) is 5.91 Å². The molecule has 1 fully saturated rings. The number of amides is 1. The minimum atomic E-state index is -0.626. The summed E-state index contributed by atoms with van der Waals surface area (Å²) in [6.07, 6.45) is 4.84. The normalized spacial score (nSPS) is 16.7. The molecular weight excluding hydrogens is 264 g/mol. The van der Waals surface area contributed by atoms with Gasteiger partial charge in [-0.15, -0.1) is 0 Å². The Labute approximate surface area is 126 Å². The van der Waals surface area contributed by atoms with Gasteiger partial charge in [0.25, 0.3) is 0 Å². The summed E-state index contributed by atoms with van der Waals surface area (Å²) in [6.45, 7) is 1.56. The Morgan fingerprint density at radius 3 is 2.57 bits per heavy atom. The van der Waals surface area contributed by atoms with Gasteiger partial charge >= 0.3 is 0 Å². The Morgan fingerprint density at radius 2 is 1.95 bits per heavy atom. The molecule has 112 valence electrons. The lowest BCUT2D eigenvalue weighted by Gasteiger charge is -2.23. The number of ether oxygens (including phenoxy) is 1. The van der Waals surface area contributed by atoms with Crippen molar-refractivity contribution in [1.82, 2.24) is 4.90 Å². The monoisotopic (exact) mass is 286 g/mol. The van der Waals surface area contributed by atoms with Crippen LogP contribution in [0.3, 0.4) is 0 Å². The maximum atomic E-state index is 12.5. The molecule has 0 saturated carbocycles. The summed E-state index contributed by atoms with van der Waals surface area (Å²) in [7, 11) is 1.61. The van der Waals surface area contributed by atoms with Crippen LogP contribution in [0.25, 0.3) is 0 Å². The Morgan fingerprint density at radius 1 is 1.29 bits per heavy atom. The summed E-state index contributed by atoms with van der Waals surface area (Å²) in [4.78, 5) is 14.4. The van der Waals surface area contributed by atoms with Crippen molar-refractivity contribution in [2.45, 2.75) is 32.1 Å². The lowest BCUT2D eigenvalue weighted by atomic mass is 9.98. The average Bonchev–Trinajstić information content (AvgIpc) is 2.81. The van der Waals surface area contributed by atoms with E-state index in [2.05, 4.69) is 6.07 Å².